The number of carbonyl (C=O) groups excluding carboxylic acids is 1. The number of rotatable bonds is 4. The van der Waals surface area contributed by atoms with Crippen molar-refractivity contribution in [2.45, 2.75) is 33.8 Å². The average molecular weight is 298 g/mol. The summed E-state index contributed by atoms with van der Waals surface area (Å²) in [7, 11) is 0. The molecule has 116 valence electrons. The molecular formula is C18H22N2O2. The molecule has 4 heteroatoms. The van der Waals surface area contributed by atoms with Gasteiger partial charge in [-0.05, 0) is 62.6 Å². The smallest absolute Gasteiger partial charge is 0.265 e. The normalized spacial score (nSPS) is 11.8. The standard InChI is InChI=1S/C18H22N2O2/c1-11-5-6-13(3)17(9-11)22-14(4)18(21)20-16-10-15(19)8-7-12(16)2/h5-10,14H,19H2,1-4H3,(H,20,21)/t14-/m1/s1. The van der Waals surface area contributed by atoms with Gasteiger partial charge in [-0.1, -0.05) is 18.2 Å². The first-order valence-corrected chi connectivity index (χ1v) is 7.27. The molecule has 0 saturated carbocycles. The van der Waals surface area contributed by atoms with Crippen LogP contribution in [0.1, 0.15) is 23.6 Å². The summed E-state index contributed by atoms with van der Waals surface area (Å²) < 4.78 is 5.79. The number of hydrogen-bond donors (Lipinski definition) is 2. The Morgan fingerprint density at radius 1 is 1.09 bits per heavy atom. The van der Waals surface area contributed by atoms with Crippen LogP contribution in [0.2, 0.25) is 0 Å². The maximum Gasteiger partial charge on any atom is 0.265 e. The van der Waals surface area contributed by atoms with Gasteiger partial charge in [-0.15, -0.1) is 0 Å². The lowest BCUT2D eigenvalue weighted by Gasteiger charge is -2.17. The molecule has 0 saturated heterocycles. The van der Waals surface area contributed by atoms with Crippen LogP contribution in [0, 0.1) is 20.8 Å². The molecule has 0 aliphatic rings. The fourth-order valence-electron chi connectivity index (χ4n) is 2.09. The maximum atomic E-state index is 12.3. The zero-order chi connectivity index (χ0) is 16.3. The summed E-state index contributed by atoms with van der Waals surface area (Å²) >= 11 is 0. The van der Waals surface area contributed by atoms with Crippen molar-refractivity contribution in [1.29, 1.82) is 0 Å². The van der Waals surface area contributed by atoms with Gasteiger partial charge in [0.2, 0.25) is 0 Å². The fraction of sp³-hybridized carbons (Fsp3) is 0.278. The molecule has 1 amide bonds. The van der Waals surface area contributed by atoms with E-state index in [2.05, 4.69) is 5.32 Å². The van der Waals surface area contributed by atoms with Crippen molar-refractivity contribution >= 4 is 17.3 Å². The highest BCUT2D eigenvalue weighted by molar-refractivity contribution is 5.95. The maximum absolute atomic E-state index is 12.3. The van der Waals surface area contributed by atoms with Gasteiger partial charge in [0.15, 0.2) is 6.10 Å². The molecule has 1 atom stereocenters. The Morgan fingerprint density at radius 3 is 2.50 bits per heavy atom. The van der Waals surface area contributed by atoms with E-state index in [0.717, 1.165) is 22.4 Å². The van der Waals surface area contributed by atoms with Gasteiger partial charge >= 0.3 is 0 Å². The molecule has 0 heterocycles. The van der Waals surface area contributed by atoms with Crippen LogP contribution in [-0.4, -0.2) is 12.0 Å². The fourth-order valence-corrected chi connectivity index (χ4v) is 2.09. The molecule has 22 heavy (non-hydrogen) atoms. The van der Waals surface area contributed by atoms with E-state index < -0.39 is 6.10 Å². The number of aryl methyl sites for hydroxylation is 3. The first-order chi connectivity index (χ1) is 10.4. The third-order valence-corrected chi connectivity index (χ3v) is 3.54. The summed E-state index contributed by atoms with van der Waals surface area (Å²) in [6, 6.07) is 11.4. The first kappa shape index (κ1) is 15.9. The van der Waals surface area contributed by atoms with Gasteiger partial charge in [-0.25, -0.2) is 0 Å². The predicted molar refractivity (Wildman–Crippen MR) is 90.2 cm³/mol. The van der Waals surface area contributed by atoms with Gasteiger partial charge in [-0.3, -0.25) is 4.79 Å². The highest BCUT2D eigenvalue weighted by Gasteiger charge is 2.16. The quantitative estimate of drug-likeness (QED) is 0.848. The topological polar surface area (TPSA) is 64.3 Å². The molecule has 2 aromatic rings. The zero-order valence-electron chi connectivity index (χ0n) is 13.4. The van der Waals surface area contributed by atoms with Crippen molar-refractivity contribution in [2.75, 3.05) is 11.1 Å². The van der Waals surface area contributed by atoms with Gasteiger partial charge in [0.25, 0.3) is 5.91 Å². The molecule has 0 aromatic heterocycles. The Kier molecular flexibility index (Phi) is 4.71. The largest absolute Gasteiger partial charge is 0.481 e. The van der Waals surface area contributed by atoms with Crippen LogP contribution in [0.25, 0.3) is 0 Å². The second-order valence-electron chi connectivity index (χ2n) is 5.59. The molecule has 0 unspecified atom stereocenters. The monoisotopic (exact) mass is 298 g/mol. The lowest BCUT2D eigenvalue weighted by molar-refractivity contribution is -0.122. The van der Waals surface area contributed by atoms with Crippen LogP contribution in [0.3, 0.4) is 0 Å². The number of nitrogen functional groups attached to an aromatic ring is 1. The van der Waals surface area contributed by atoms with Gasteiger partial charge in [0, 0.05) is 11.4 Å². The summed E-state index contributed by atoms with van der Waals surface area (Å²) in [4.78, 5) is 12.3. The highest BCUT2D eigenvalue weighted by Crippen LogP contribution is 2.22. The van der Waals surface area contributed by atoms with Crippen molar-refractivity contribution in [3.05, 3.63) is 53.1 Å². The Morgan fingerprint density at radius 2 is 1.77 bits per heavy atom. The number of nitrogens with two attached hydrogens (primary N) is 1. The Hall–Kier alpha value is -2.49. The molecular weight excluding hydrogens is 276 g/mol. The van der Waals surface area contributed by atoms with Gasteiger partial charge in [-0.2, -0.15) is 0 Å². The van der Waals surface area contributed by atoms with Gasteiger partial charge < -0.3 is 15.8 Å². The number of nitrogens with one attached hydrogen (secondary N) is 1. The van der Waals surface area contributed by atoms with Crippen LogP contribution in [0.4, 0.5) is 11.4 Å². The van der Waals surface area contributed by atoms with Gasteiger partial charge in [0.1, 0.15) is 5.75 Å². The summed E-state index contributed by atoms with van der Waals surface area (Å²) in [5.74, 6) is 0.529. The molecule has 2 aromatic carbocycles. The minimum atomic E-state index is -0.596. The number of ether oxygens (including phenoxy) is 1. The van der Waals surface area contributed by atoms with Gasteiger partial charge in [0.05, 0.1) is 0 Å². The molecule has 0 spiro atoms. The van der Waals surface area contributed by atoms with E-state index in [1.54, 1.807) is 19.1 Å². The molecule has 4 nitrogen and oxygen atoms in total. The van der Waals surface area contributed by atoms with E-state index in [1.165, 1.54) is 0 Å². The molecule has 0 aliphatic carbocycles. The van der Waals surface area contributed by atoms with Crippen molar-refractivity contribution in [3.63, 3.8) is 0 Å². The van der Waals surface area contributed by atoms with E-state index in [9.17, 15) is 4.79 Å². The van der Waals surface area contributed by atoms with Crippen LogP contribution in [0.5, 0.6) is 5.75 Å². The van der Waals surface area contributed by atoms with E-state index in [4.69, 9.17) is 10.5 Å². The number of hydrogen-bond acceptors (Lipinski definition) is 3. The van der Waals surface area contributed by atoms with Crippen LogP contribution >= 0.6 is 0 Å². The van der Waals surface area contributed by atoms with E-state index in [-0.39, 0.29) is 5.91 Å². The van der Waals surface area contributed by atoms with Crippen LogP contribution in [0.15, 0.2) is 36.4 Å². The Balaban J connectivity index is 2.09. The van der Waals surface area contributed by atoms with E-state index in [0.29, 0.717) is 11.4 Å². The van der Waals surface area contributed by atoms with Crippen molar-refractivity contribution in [3.8, 4) is 5.75 Å². The molecule has 3 N–H and O–H groups in total. The summed E-state index contributed by atoms with van der Waals surface area (Å²) in [6.45, 7) is 7.61. The first-order valence-electron chi connectivity index (χ1n) is 7.27. The molecule has 2 rings (SSSR count). The number of carbonyl (C=O) groups is 1. The molecule has 0 aliphatic heterocycles. The predicted octanol–water partition coefficient (Wildman–Crippen LogP) is 3.60. The van der Waals surface area contributed by atoms with E-state index >= 15 is 0 Å². The SMILES string of the molecule is Cc1ccc(C)c(O[C@H](C)C(=O)Nc2cc(N)ccc2C)c1. The van der Waals surface area contributed by atoms with E-state index in [1.807, 2.05) is 45.0 Å². The summed E-state index contributed by atoms with van der Waals surface area (Å²) in [5, 5.41) is 2.86. The molecule has 0 fully saturated rings. The third kappa shape index (κ3) is 3.79. The number of benzene rings is 2. The summed E-state index contributed by atoms with van der Waals surface area (Å²) in [6.07, 6.45) is -0.596. The average Bonchev–Trinajstić information content (AvgIpc) is 2.46. The number of amides is 1. The van der Waals surface area contributed by atoms with Crippen molar-refractivity contribution < 1.29 is 9.53 Å². The highest BCUT2D eigenvalue weighted by atomic mass is 16.5. The second kappa shape index (κ2) is 6.52. The lowest BCUT2D eigenvalue weighted by atomic mass is 10.1. The van der Waals surface area contributed by atoms with Crippen molar-refractivity contribution in [2.24, 2.45) is 0 Å². The third-order valence-electron chi connectivity index (χ3n) is 3.54. The summed E-state index contributed by atoms with van der Waals surface area (Å²) in [5.41, 5.74) is 10.1. The zero-order valence-corrected chi connectivity index (χ0v) is 13.4. The number of anilines is 2. The second-order valence-corrected chi connectivity index (χ2v) is 5.59. The Labute approximate surface area is 131 Å². The molecule has 0 radical (unpaired) electrons. The minimum absolute atomic E-state index is 0.199. The molecule has 0 bridgehead atoms. The lowest BCUT2D eigenvalue weighted by Crippen LogP contribution is -2.30. The van der Waals surface area contributed by atoms with Crippen molar-refractivity contribution in [1.82, 2.24) is 0 Å². The minimum Gasteiger partial charge on any atom is -0.481 e. The van der Waals surface area contributed by atoms with Crippen LogP contribution in [-0.2, 0) is 4.79 Å². The van der Waals surface area contributed by atoms with Crippen LogP contribution < -0.4 is 15.8 Å². The Bertz CT molecular complexity index is 695.